The first-order valence-electron chi connectivity index (χ1n) is 9.94. The van der Waals surface area contributed by atoms with Crippen molar-refractivity contribution in [2.45, 2.75) is 24.2 Å². The van der Waals surface area contributed by atoms with Gasteiger partial charge >= 0.3 is 171 Å². The van der Waals surface area contributed by atoms with Gasteiger partial charge < -0.3 is 0 Å². The Morgan fingerprint density at radius 1 is 0.714 bits per heavy atom. The maximum absolute atomic E-state index is 2.48. The van der Waals surface area contributed by atoms with Gasteiger partial charge in [-0.2, -0.15) is 0 Å². The summed E-state index contributed by atoms with van der Waals surface area (Å²) in [6.45, 7) is 2.20. The molecule has 3 aromatic carbocycles. The number of rotatable bonds is 3. The normalized spacial score (nSPS) is 11.8. The van der Waals surface area contributed by atoms with Gasteiger partial charge in [0.05, 0.1) is 0 Å². The van der Waals surface area contributed by atoms with Crippen molar-refractivity contribution in [1.82, 2.24) is 0 Å². The topological polar surface area (TPSA) is 3.88 Å². The van der Waals surface area contributed by atoms with E-state index in [4.69, 9.17) is 0 Å². The van der Waals surface area contributed by atoms with Gasteiger partial charge in [-0.25, -0.2) is 0 Å². The second-order valence-corrected chi connectivity index (χ2v) is 19.3. The summed E-state index contributed by atoms with van der Waals surface area (Å²) in [5.41, 5.74) is 6.65. The number of hydrogen-bond donors (Lipinski definition) is 0. The molecule has 0 aliphatic heterocycles. The van der Waals surface area contributed by atoms with Crippen LogP contribution in [-0.4, -0.2) is 13.3 Å². The van der Waals surface area contributed by atoms with Crippen LogP contribution >= 0.6 is 0 Å². The van der Waals surface area contributed by atoms with Gasteiger partial charge in [-0.05, 0) is 0 Å². The summed E-state index contributed by atoms with van der Waals surface area (Å²) in [7, 11) is 2.19. The van der Waals surface area contributed by atoms with Gasteiger partial charge in [0.15, 0.2) is 0 Å². The summed E-state index contributed by atoms with van der Waals surface area (Å²) < 4.78 is 3.87. The number of benzene rings is 3. The summed E-state index contributed by atoms with van der Waals surface area (Å²) in [5, 5.41) is 2.64. The van der Waals surface area contributed by atoms with Crippen LogP contribution in [0.1, 0.15) is 5.56 Å². The predicted octanol–water partition coefficient (Wildman–Crippen LogP) is 5.85. The molecular weight excluding hydrogens is 399 g/mol. The van der Waals surface area contributed by atoms with Crippen molar-refractivity contribution in [3.05, 3.63) is 84.6 Å². The molecule has 4 rings (SSSR count). The number of pyridine rings is 1. The number of hydrogen-bond acceptors (Lipinski definition) is 0. The Morgan fingerprint density at radius 2 is 1.36 bits per heavy atom. The Morgan fingerprint density at radius 3 is 2.11 bits per heavy atom. The SMILES string of the molecule is Cc1ccccc1-c1cc(-c2cccc3ccccc23)[c]([Ge]([CH3])([CH3])[CH3])c[n+]1C. The van der Waals surface area contributed by atoms with Crippen LogP contribution in [0.25, 0.3) is 33.2 Å². The number of fused-ring (bicyclic) bond motifs is 1. The molecule has 1 aromatic heterocycles. The molecule has 0 saturated carbocycles. The summed E-state index contributed by atoms with van der Waals surface area (Å²) in [6.07, 6.45) is 2.40. The van der Waals surface area contributed by atoms with Crippen LogP contribution in [0.3, 0.4) is 0 Å². The average Bonchev–Trinajstić information content (AvgIpc) is 2.67. The molecule has 0 N–H and O–H groups in total. The first kappa shape index (κ1) is 19.0. The van der Waals surface area contributed by atoms with Crippen molar-refractivity contribution in [3.63, 3.8) is 0 Å². The number of aromatic nitrogens is 1. The van der Waals surface area contributed by atoms with E-state index in [1.165, 1.54) is 38.7 Å². The van der Waals surface area contributed by atoms with Crippen LogP contribution in [0.4, 0.5) is 0 Å². The van der Waals surface area contributed by atoms with Gasteiger partial charge in [-0.3, -0.25) is 0 Å². The Hall–Kier alpha value is -2.39. The first-order chi connectivity index (χ1) is 13.4. The molecule has 0 radical (unpaired) electrons. The van der Waals surface area contributed by atoms with E-state index in [-0.39, 0.29) is 0 Å². The minimum absolute atomic E-state index is 1.27. The third-order valence-corrected chi connectivity index (χ3v) is 9.81. The molecule has 0 bridgehead atoms. The molecule has 1 nitrogen and oxygen atoms in total. The van der Waals surface area contributed by atoms with Crippen molar-refractivity contribution >= 4 is 28.4 Å². The van der Waals surface area contributed by atoms with Gasteiger partial charge in [-0.15, -0.1) is 0 Å². The van der Waals surface area contributed by atoms with Gasteiger partial charge in [-0.1, -0.05) is 0 Å². The fraction of sp³-hybridized carbons (Fsp3) is 0.192. The van der Waals surface area contributed by atoms with Gasteiger partial charge in [0, 0.05) is 0 Å². The van der Waals surface area contributed by atoms with Crippen molar-refractivity contribution in [3.8, 4) is 22.4 Å². The molecule has 140 valence electrons. The minimum atomic E-state index is -2.09. The summed E-state index contributed by atoms with van der Waals surface area (Å²) in [6, 6.07) is 26.5. The Kier molecular flexibility index (Phi) is 4.88. The zero-order chi connectivity index (χ0) is 19.9. The van der Waals surface area contributed by atoms with E-state index < -0.39 is 13.3 Å². The molecule has 28 heavy (non-hydrogen) atoms. The van der Waals surface area contributed by atoms with Crippen molar-refractivity contribution in [2.24, 2.45) is 7.05 Å². The van der Waals surface area contributed by atoms with Crippen LogP contribution in [0, 0.1) is 6.92 Å². The second kappa shape index (κ2) is 7.21. The third kappa shape index (κ3) is 3.40. The van der Waals surface area contributed by atoms with E-state index in [0.29, 0.717) is 0 Å². The molecule has 2 heteroatoms. The Labute approximate surface area is 171 Å². The fourth-order valence-corrected chi connectivity index (χ4v) is 7.41. The van der Waals surface area contributed by atoms with Gasteiger partial charge in [0.25, 0.3) is 0 Å². The van der Waals surface area contributed by atoms with Gasteiger partial charge in [0.1, 0.15) is 0 Å². The Bertz CT molecular complexity index is 1160. The quantitative estimate of drug-likeness (QED) is 0.285. The zero-order valence-electron chi connectivity index (χ0n) is 17.5. The average molecular weight is 427 g/mol. The van der Waals surface area contributed by atoms with E-state index in [1.807, 2.05) is 0 Å². The van der Waals surface area contributed by atoms with E-state index in [1.54, 1.807) is 4.40 Å². The summed E-state index contributed by atoms with van der Waals surface area (Å²) in [5.74, 6) is 7.45. The predicted molar refractivity (Wildman–Crippen MR) is 124 cm³/mol. The van der Waals surface area contributed by atoms with Crippen molar-refractivity contribution in [2.75, 3.05) is 0 Å². The number of nitrogens with zero attached hydrogens (tertiary/aromatic N) is 1. The van der Waals surface area contributed by atoms with E-state index in [9.17, 15) is 0 Å². The Balaban J connectivity index is 2.07. The second-order valence-electron chi connectivity index (χ2n) is 8.69. The van der Waals surface area contributed by atoms with Crippen LogP contribution in [-0.2, 0) is 7.05 Å². The number of aryl methyl sites for hydroxylation is 2. The van der Waals surface area contributed by atoms with Crippen LogP contribution in [0.5, 0.6) is 0 Å². The molecule has 0 fully saturated rings. The van der Waals surface area contributed by atoms with Crippen LogP contribution in [0.15, 0.2) is 79.0 Å². The molecule has 0 aliphatic rings. The maximum atomic E-state index is 2.48. The van der Waals surface area contributed by atoms with E-state index in [0.717, 1.165) is 0 Å². The molecule has 0 aliphatic carbocycles. The molecule has 0 atom stereocenters. The molecule has 0 saturated heterocycles. The molecule has 0 amide bonds. The third-order valence-electron chi connectivity index (χ3n) is 5.58. The molecule has 4 aromatic rings. The standard InChI is InChI=1S/C26H28GeN/c1-19-11-6-8-14-21(19)26-17-24(25(18-28(26)5)27(2,3)4)23-16-10-13-20-12-7-9-15-22(20)23/h6-18H,1-5H3/q+1. The molecular formula is C26H28GeN+. The monoisotopic (exact) mass is 428 g/mol. The molecule has 1 heterocycles. The van der Waals surface area contributed by atoms with E-state index >= 15 is 0 Å². The van der Waals surface area contributed by atoms with Crippen molar-refractivity contribution < 1.29 is 4.57 Å². The molecule has 0 unspecified atom stereocenters. The summed E-state index contributed by atoms with van der Waals surface area (Å²) in [4.78, 5) is 0. The van der Waals surface area contributed by atoms with E-state index in [2.05, 4.69) is 115 Å². The fourth-order valence-electron chi connectivity index (χ4n) is 4.06. The summed E-state index contributed by atoms with van der Waals surface area (Å²) >= 11 is -2.09. The van der Waals surface area contributed by atoms with Crippen LogP contribution in [0.2, 0.25) is 17.3 Å². The first-order valence-corrected chi connectivity index (χ1v) is 17.3. The van der Waals surface area contributed by atoms with Crippen molar-refractivity contribution in [1.29, 1.82) is 0 Å². The zero-order valence-corrected chi connectivity index (χ0v) is 19.6. The molecule has 0 spiro atoms. The van der Waals surface area contributed by atoms with Gasteiger partial charge in [0.2, 0.25) is 0 Å². The van der Waals surface area contributed by atoms with Crippen LogP contribution < -0.4 is 8.96 Å².